The number of rotatable bonds is 8. The van der Waals surface area contributed by atoms with Crippen LogP contribution in [0, 0.1) is 0 Å². The van der Waals surface area contributed by atoms with Crippen molar-refractivity contribution in [1.82, 2.24) is 0 Å². The van der Waals surface area contributed by atoms with Crippen molar-refractivity contribution in [3.63, 3.8) is 0 Å². The lowest BCUT2D eigenvalue weighted by molar-refractivity contribution is -0.122. The predicted molar refractivity (Wildman–Crippen MR) is 93.8 cm³/mol. The van der Waals surface area contributed by atoms with Crippen molar-refractivity contribution < 1.29 is 19.0 Å². The van der Waals surface area contributed by atoms with Gasteiger partial charge in [-0.25, -0.2) is 0 Å². The van der Waals surface area contributed by atoms with E-state index in [0.717, 1.165) is 0 Å². The summed E-state index contributed by atoms with van der Waals surface area (Å²) in [5.74, 6) is 1.57. The fourth-order valence-corrected chi connectivity index (χ4v) is 1.99. The van der Waals surface area contributed by atoms with E-state index in [1.165, 1.54) is 0 Å². The zero-order valence-electron chi connectivity index (χ0n) is 13.8. The second-order valence-electron chi connectivity index (χ2n) is 5.02. The fourth-order valence-electron chi connectivity index (χ4n) is 1.99. The molecule has 0 bridgehead atoms. The Morgan fingerprint density at radius 2 is 1.83 bits per heavy atom. The van der Waals surface area contributed by atoms with Crippen LogP contribution in [-0.4, -0.2) is 25.7 Å². The number of methoxy groups -OCH3 is 1. The van der Waals surface area contributed by atoms with Gasteiger partial charge in [-0.05, 0) is 43.3 Å². The third-order valence-electron chi connectivity index (χ3n) is 3.23. The summed E-state index contributed by atoms with van der Waals surface area (Å²) in [5, 5.41) is 2.80. The van der Waals surface area contributed by atoms with E-state index in [2.05, 4.69) is 11.9 Å². The minimum absolute atomic E-state index is 0.249. The first kappa shape index (κ1) is 17.4. The van der Waals surface area contributed by atoms with Crippen molar-refractivity contribution in [3.05, 3.63) is 61.2 Å². The number of anilines is 1. The van der Waals surface area contributed by atoms with Gasteiger partial charge in [-0.1, -0.05) is 24.8 Å². The third kappa shape index (κ3) is 4.78. The van der Waals surface area contributed by atoms with Gasteiger partial charge in [0.05, 0.1) is 7.11 Å². The molecule has 0 saturated carbocycles. The topological polar surface area (TPSA) is 56.8 Å². The molecular formula is C19H21NO4. The maximum Gasteiger partial charge on any atom is 0.265 e. The normalized spacial score (nSPS) is 11.2. The first-order chi connectivity index (χ1) is 11.6. The molecule has 5 nitrogen and oxygen atoms in total. The lowest BCUT2D eigenvalue weighted by Gasteiger charge is -2.16. The summed E-state index contributed by atoms with van der Waals surface area (Å²) >= 11 is 0. The highest BCUT2D eigenvalue weighted by Crippen LogP contribution is 2.27. The van der Waals surface area contributed by atoms with Crippen LogP contribution in [0.5, 0.6) is 17.2 Å². The zero-order valence-corrected chi connectivity index (χ0v) is 13.8. The molecule has 0 aromatic heterocycles. The van der Waals surface area contributed by atoms with Crippen molar-refractivity contribution in [1.29, 1.82) is 0 Å². The van der Waals surface area contributed by atoms with Crippen molar-refractivity contribution >= 4 is 11.6 Å². The van der Waals surface area contributed by atoms with Crippen molar-refractivity contribution in [3.8, 4) is 17.2 Å². The first-order valence-electron chi connectivity index (χ1n) is 7.58. The van der Waals surface area contributed by atoms with Crippen LogP contribution < -0.4 is 19.5 Å². The summed E-state index contributed by atoms with van der Waals surface area (Å²) < 4.78 is 16.3. The second kappa shape index (κ2) is 8.62. The minimum Gasteiger partial charge on any atom is -0.493 e. The van der Waals surface area contributed by atoms with Gasteiger partial charge in [0.15, 0.2) is 17.6 Å². The summed E-state index contributed by atoms with van der Waals surface area (Å²) in [4.78, 5) is 12.3. The molecule has 2 aromatic rings. The van der Waals surface area contributed by atoms with Crippen LogP contribution in [-0.2, 0) is 4.79 Å². The number of benzene rings is 2. The van der Waals surface area contributed by atoms with E-state index >= 15 is 0 Å². The van der Waals surface area contributed by atoms with Crippen LogP contribution in [0.25, 0.3) is 0 Å². The number of carbonyl (C=O) groups excluding carboxylic acids is 1. The van der Waals surface area contributed by atoms with Gasteiger partial charge in [-0.15, -0.1) is 0 Å². The van der Waals surface area contributed by atoms with E-state index in [-0.39, 0.29) is 5.91 Å². The van der Waals surface area contributed by atoms with Crippen LogP contribution >= 0.6 is 0 Å². The Balaban J connectivity index is 1.94. The fraction of sp³-hybridized carbons (Fsp3) is 0.211. The average molecular weight is 327 g/mol. The maximum absolute atomic E-state index is 12.3. The van der Waals surface area contributed by atoms with Gasteiger partial charge in [0.1, 0.15) is 12.4 Å². The molecule has 0 radical (unpaired) electrons. The molecule has 0 aliphatic rings. The second-order valence-corrected chi connectivity index (χ2v) is 5.02. The highest BCUT2D eigenvalue weighted by Gasteiger charge is 2.16. The van der Waals surface area contributed by atoms with Gasteiger partial charge in [0.2, 0.25) is 0 Å². The molecule has 0 fully saturated rings. The smallest absolute Gasteiger partial charge is 0.265 e. The van der Waals surface area contributed by atoms with Crippen LogP contribution in [0.3, 0.4) is 0 Å². The van der Waals surface area contributed by atoms with Gasteiger partial charge in [-0.2, -0.15) is 0 Å². The molecule has 0 saturated heterocycles. The number of para-hydroxylation sites is 2. The number of hydrogen-bond donors (Lipinski definition) is 1. The molecule has 0 spiro atoms. The van der Waals surface area contributed by atoms with Gasteiger partial charge in [0.25, 0.3) is 5.91 Å². The molecular weight excluding hydrogens is 306 g/mol. The highest BCUT2D eigenvalue weighted by molar-refractivity contribution is 5.94. The molecule has 1 atom stereocenters. The van der Waals surface area contributed by atoms with Crippen LogP contribution in [0.1, 0.15) is 6.92 Å². The molecule has 1 N–H and O–H groups in total. The zero-order chi connectivity index (χ0) is 17.4. The van der Waals surface area contributed by atoms with Crippen LogP contribution in [0.4, 0.5) is 5.69 Å². The van der Waals surface area contributed by atoms with E-state index in [4.69, 9.17) is 14.2 Å². The molecule has 126 valence electrons. The number of hydrogen-bond acceptors (Lipinski definition) is 4. The van der Waals surface area contributed by atoms with Crippen molar-refractivity contribution in [2.24, 2.45) is 0 Å². The Morgan fingerprint density at radius 3 is 2.46 bits per heavy atom. The lowest BCUT2D eigenvalue weighted by Crippen LogP contribution is -2.30. The Morgan fingerprint density at radius 1 is 1.17 bits per heavy atom. The van der Waals surface area contributed by atoms with E-state index < -0.39 is 6.10 Å². The molecule has 1 amide bonds. The Labute approximate surface area is 141 Å². The highest BCUT2D eigenvalue weighted by atomic mass is 16.5. The number of nitrogens with one attached hydrogen (secondary N) is 1. The monoisotopic (exact) mass is 327 g/mol. The Kier molecular flexibility index (Phi) is 6.25. The summed E-state index contributed by atoms with van der Waals surface area (Å²) in [6, 6.07) is 14.3. The quantitative estimate of drug-likeness (QED) is 0.752. The third-order valence-corrected chi connectivity index (χ3v) is 3.23. The minimum atomic E-state index is -0.669. The number of carbonyl (C=O) groups is 1. The van der Waals surface area contributed by atoms with E-state index in [1.807, 2.05) is 12.1 Å². The molecule has 2 rings (SSSR count). The standard InChI is InChI=1S/C19H21NO4/c1-4-13-23-16-11-9-15(10-12-16)20-19(21)14(2)24-18-8-6-5-7-17(18)22-3/h4-12,14H,1,13H2,2-3H3,(H,20,21). The van der Waals surface area contributed by atoms with Crippen LogP contribution in [0.2, 0.25) is 0 Å². The van der Waals surface area contributed by atoms with E-state index in [9.17, 15) is 4.79 Å². The van der Waals surface area contributed by atoms with E-state index in [0.29, 0.717) is 29.5 Å². The molecule has 2 aromatic carbocycles. The van der Waals surface area contributed by atoms with Crippen molar-refractivity contribution in [2.45, 2.75) is 13.0 Å². The Bertz CT molecular complexity index is 682. The summed E-state index contributed by atoms with van der Waals surface area (Å²) in [6.07, 6.45) is 1.00. The van der Waals surface area contributed by atoms with Gasteiger partial charge in [-0.3, -0.25) is 4.79 Å². The largest absolute Gasteiger partial charge is 0.493 e. The molecule has 5 heteroatoms. The lowest BCUT2D eigenvalue weighted by atomic mass is 10.2. The molecule has 1 unspecified atom stereocenters. The van der Waals surface area contributed by atoms with Crippen LogP contribution in [0.15, 0.2) is 61.2 Å². The molecule has 0 aliphatic heterocycles. The Hall–Kier alpha value is -2.95. The molecule has 0 heterocycles. The van der Waals surface area contributed by atoms with Gasteiger partial charge in [0, 0.05) is 5.69 Å². The first-order valence-corrected chi connectivity index (χ1v) is 7.58. The molecule has 0 aliphatic carbocycles. The number of ether oxygens (including phenoxy) is 3. The summed E-state index contributed by atoms with van der Waals surface area (Å²) in [7, 11) is 1.56. The van der Waals surface area contributed by atoms with Gasteiger partial charge < -0.3 is 19.5 Å². The maximum atomic E-state index is 12.3. The number of amides is 1. The summed E-state index contributed by atoms with van der Waals surface area (Å²) in [6.45, 7) is 5.72. The molecule has 24 heavy (non-hydrogen) atoms. The summed E-state index contributed by atoms with van der Waals surface area (Å²) in [5.41, 5.74) is 0.668. The average Bonchev–Trinajstić information content (AvgIpc) is 2.61. The predicted octanol–water partition coefficient (Wildman–Crippen LogP) is 3.67. The SMILES string of the molecule is C=CCOc1ccc(NC(=O)C(C)Oc2ccccc2OC)cc1. The van der Waals surface area contributed by atoms with Crippen molar-refractivity contribution in [2.75, 3.05) is 19.0 Å². The van der Waals surface area contributed by atoms with E-state index in [1.54, 1.807) is 56.5 Å². The van der Waals surface area contributed by atoms with Gasteiger partial charge >= 0.3 is 0 Å².